The van der Waals surface area contributed by atoms with Crippen LogP contribution in [0.25, 0.3) is 0 Å². The van der Waals surface area contributed by atoms with Gasteiger partial charge in [-0.05, 0) is 31.1 Å². The molecule has 0 heterocycles. The zero-order valence-corrected chi connectivity index (χ0v) is 14.0. The van der Waals surface area contributed by atoms with Crippen LogP contribution in [0.3, 0.4) is 0 Å². The van der Waals surface area contributed by atoms with Gasteiger partial charge in [-0.1, -0.05) is 60.7 Å². The Bertz CT molecular complexity index is 664. The molecule has 0 aliphatic rings. The lowest BCUT2D eigenvalue weighted by molar-refractivity contribution is -0.121. The summed E-state index contributed by atoms with van der Waals surface area (Å²) in [7, 11) is 2.07. The van der Waals surface area contributed by atoms with Crippen molar-refractivity contribution in [3.05, 3.63) is 71.8 Å². The van der Waals surface area contributed by atoms with E-state index in [4.69, 9.17) is 0 Å². The highest BCUT2D eigenvalue weighted by Crippen LogP contribution is 2.14. The maximum absolute atomic E-state index is 12.2. The van der Waals surface area contributed by atoms with Gasteiger partial charge in [0.1, 0.15) is 5.92 Å². The Labute approximate surface area is 143 Å². The second-order valence-corrected chi connectivity index (χ2v) is 5.84. The monoisotopic (exact) mass is 321 g/mol. The van der Waals surface area contributed by atoms with Gasteiger partial charge in [-0.25, -0.2) is 0 Å². The van der Waals surface area contributed by atoms with E-state index >= 15 is 0 Å². The number of hydrogen-bond donors (Lipinski definition) is 1. The quantitative estimate of drug-likeness (QED) is 0.761. The third-order valence-corrected chi connectivity index (χ3v) is 3.84. The molecule has 4 heteroatoms. The molecule has 2 aromatic carbocycles. The summed E-state index contributed by atoms with van der Waals surface area (Å²) >= 11 is 0. The molecule has 0 aliphatic heterocycles. The van der Waals surface area contributed by atoms with Crippen molar-refractivity contribution in [2.75, 3.05) is 20.1 Å². The number of rotatable bonds is 8. The summed E-state index contributed by atoms with van der Waals surface area (Å²) in [5.41, 5.74) is 2.01. The standard InChI is InChI=1S/C20H23N3O/c1-23(16-17-9-4-2-5-10-17)14-8-13-22-20(24)19(15-21)18-11-6-3-7-12-18/h2-7,9-12,19H,8,13-14,16H2,1H3,(H,22,24). The average Bonchev–Trinajstić information content (AvgIpc) is 2.61. The van der Waals surface area contributed by atoms with Crippen LogP contribution in [0.2, 0.25) is 0 Å². The first-order chi connectivity index (χ1) is 11.7. The fraction of sp³-hybridized carbons (Fsp3) is 0.300. The first-order valence-electron chi connectivity index (χ1n) is 8.15. The molecular weight excluding hydrogens is 298 g/mol. The molecule has 1 N–H and O–H groups in total. The van der Waals surface area contributed by atoms with Crippen molar-refractivity contribution < 1.29 is 4.79 Å². The summed E-state index contributed by atoms with van der Waals surface area (Å²) in [5.74, 6) is -0.970. The number of benzene rings is 2. The van der Waals surface area contributed by atoms with Gasteiger partial charge >= 0.3 is 0 Å². The molecule has 0 saturated heterocycles. The first kappa shape index (κ1) is 17.7. The van der Waals surface area contributed by atoms with E-state index in [1.54, 1.807) is 12.1 Å². The van der Waals surface area contributed by atoms with E-state index in [0.29, 0.717) is 6.54 Å². The highest BCUT2D eigenvalue weighted by Gasteiger charge is 2.19. The van der Waals surface area contributed by atoms with Gasteiger partial charge in [0.15, 0.2) is 0 Å². The van der Waals surface area contributed by atoms with Gasteiger partial charge in [0.25, 0.3) is 0 Å². The zero-order valence-electron chi connectivity index (χ0n) is 14.0. The predicted molar refractivity (Wildman–Crippen MR) is 95.2 cm³/mol. The summed E-state index contributed by atoms with van der Waals surface area (Å²) in [4.78, 5) is 14.4. The zero-order chi connectivity index (χ0) is 17.2. The van der Waals surface area contributed by atoms with Gasteiger partial charge in [-0.15, -0.1) is 0 Å². The predicted octanol–water partition coefficient (Wildman–Crippen LogP) is 2.93. The summed E-state index contributed by atoms with van der Waals surface area (Å²) in [6.07, 6.45) is 0.849. The van der Waals surface area contributed by atoms with E-state index in [9.17, 15) is 10.1 Å². The number of carbonyl (C=O) groups is 1. The second kappa shape index (κ2) is 9.49. The van der Waals surface area contributed by atoms with Crippen LogP contribution in [0.4, 0.5) is 0 Å². The number of nitrogens with zero attached hydrogens (tertiary/aromatic N) is 2. The summed E-state index contributed by atoms with van der Waals surface area (Å²) < 4.78 is 0. The van der Waals surface area contributed by atoms with Crippen LogP contribution >= 0.6 is 0 Å². The number of hydrogen-bond acceptors (Lipinski definition) is 3. The average molecular weight is 321 g/mol. The molecule has 1 unspecified atom stereocenters. The molecule has 1 atom stereocenters. The van der Waals surface area contributed by atoms with E-state index in [-0.39, 0.29) is 5.91 Å². The number of amides is 1. The minimum Gasteiger partial charge on any atom is -0.355 e. The minimum absolute atomic E-state index is 0.227. The van der Waals surface area contributed by atoms with Gasteiger partial charge in [-0.3, -0.25) is 4.79 Å². The highest BCUT2D eigenvalue weighted by molar-refractivity contribution is 5.86. The van der Waals surface area contributed by atoms with Gasteiger partial charge in [0, 0.05) is 13.1 Å². The summed E-state index contributed by atoms with van der Waals surface area (Å²) in [6, 6.07) is 21.5. The first-order valence-corrected chi connectivity index (χ1v) is 8.15. The van der Waals surface area contributed by atoms with Crippen LogP contribution in [0.1, 0.15) is 23.5 Å². The van der Waals surface area contributed by atoms with E-state index in [2.05, 4.69) is 35.5 Å². The van der Waals surface area contributed by atoms with Crippen LogP contribution in [-0.2, 0) is 11.3 Å². The van der Waals surface area contributed by atoms with Gasteiger partial charge in [-0.2, -0.15) is 5.26 Å². The molecule has 0 aromatic heterocycles. The van der Waals surface area contributed by atoms with Crippen LogP contribution in [0, 0.1) is 11.3 Å². The van der Waals surface area contributed by atoms with Crippen molar-refractivity contribution in [3.63, 3.8) is 0 Å². The maximum Gasteiger partial charge on any atom is 0.241 e. The lowest BCUT2D eigenvalue weighted by atomic mass is 10.00. The maximum atomic E-state index is 12.2. The third-order valence-electron chi connectivity index (χ3n) is 3.84. The third kappa shape index (κ3) is 5.53. The molecule has 2 aromatic rings. The highest BCUT2D eigenvalue weighted by atomic mass is 16.1. The summed E-state index contributed by atoms with van der Waals surface area (Å²) in [5, 5.41) is 12.1. The van der Waals surface area contributed by atoms with E-state index in [0.717, 1.165) is 25.1 Å². The summed E-state index contributed by atoms with van der Waals surface area (Å²) in [6.45, 7) is 2.35. The fourth-order valence-electron chi connectivity index (χ4n) is 2.57. The SMILES string of the molecule is CN(CCCNC(=O)C(C#N)c1ccccc1)Cc1ccccc1. The van der Waals surface area contributed by atoms with Crippen molar-refractivity contribution >= 4 is 5.91 Å². The molecule has 0 saturated carbocycles. The van der Waals surface area contributed by atoms with Gasteiger partial charge < -0.3 is 10.2 Å². The van der Waals surface area contributed by atoms with Crippen molar-refractivity contribution in [1.29, 1.82) is 5.26 Å². The second-order valence-electron chi connectivity index (χ2n) is 5.84. The molecule has 0 spiro atoms. The Morgan fingerprint density at radius 3 is 2.38 bits per heavy atom. The molecular formula is C20H23N3O. The molecule has 0 aliphatic carbocycles. The Kier molecular flexibility index (Phi) is 7.00. The van der Waals surface area contributed by atoms with E-state index in [1.165, 1.54) is 5.56 Å². The van der Waals surface area contributed by atoms with Gasteiger partial charge in [0.2, 0.25) is 5.91 Å². The number of nitriles is 1. The van der Waals surface area contributed by atoms with Crippen molar-refractivity contribution in [1.82, 2.24) is 10.2 Å². The Morgan fingerprint density at radius 1 is 1.12 bits per heavy atom. The smallest absolute Gasteiger partial charge is 0.241 e. The van der Waals surface area contributed by atoms with Crippen molar-refractivity contribution in [2.45, 2.75) is 18.9 Å². The Balaban J connectivity index is 1.71. The molecule has 0 fully saturated rings. The fourth-order valence-corrected chi connectivity index (χ4v) is 2.57. The molecule has 0 radical (unpaired) electrons. The topological polar surface area (TPSA) is 56.1 Å². The Hall–Kier alpha value is -2.64. The van der Waals surface area contributed by atoms with Crippen LogP contribution in [-0.4, -0.2) is 30.9 Å². The lowest BCUT2D eigenvalue weighted by Crippen LogP contribution is -2.31. The largest absolute Gasteiger partial charge is 0.355 e. The van der Waals surface area contributed by atoms with Crippen molar-refractivity contribution in [3.8, 4) is 6.07 Å². The van der Waals surface area contributed by atoms with Gasteiger partial charge in [0.05, 0.1) is 6.07 Å². The molecule has 1 amide bonds. The molecule has 124 valence electrons. The van der Waals surface area contributed by atoms with Crippen molar-refractivity contribution in [2.24, 2.45) is 0 Å². The normalized spacial score (nSPS) is 11.7. The molecule has 24 heavy (non-hydrogen) atoms. The van der Waals surface area contributed by atoms with Crippen LogP contribution in [0.15, 0.2) is 60.7 Å². The number of nitrogens with one attached hydrogen (secondary N) is 1. The lowest BCUT2D eigenvalue weighted by Gasteiger charge is -2.17. The molecule has 2 rings (SSSR count). The van der Waals surface area contributed by atoms with E-state index < -0.39 is 5.92 Å². The van der Waals surface area contributed by atoms with Crippen LogP contribution in [0.5, 0.6) is 0 Å². The number of carbonyl (C=O) groups excluding carboxylic acids is 1. The van der Waals surface area contributed by atoms with Crippen LogP contribution < -0.4 is 5.32 Å². The minimum atomic E-state index is -0.742. The Morgan fingerprint density at radius 2 is 1.75 bits per heavy atom. The van der Waals surface area contributed by atoms with E-state index in [1.807, 2.05) is 36.4 Å². The molecule has 4 nitrogen and oxygen atoms in total. The molecule has 0 bridgehead atoms.